The summed E-state index contributed by atoms with van der Waals surface area (Å²) in [7, 11) is -4.67. The summed E-state index contributed by atoms with van der Waals surface area (Å²) in [5, 5.41) is 20.6. The minimum Gasteiger partial charge on any atom is -0.507 e. The summed E-state index contributed by atoms with van der Waals surface area (Å²) in [5.41, 5.74) is 0.691. The Balaban J connectivity index is 0.000000280. The first kappa shape index (κ1) is 14.2. The van der Waals surface area contributed by atoms with Gasteiger partial charge >= 0.3 is 10.4 Å². The van der Waals surface area contributed by atoms with E-state index in [0.29, 0.717) is 16.3 Å². The standard InChI is InChI=1S/C11H10O2.H2O4S/c1-7-6-10(12)8-4-2-3-5-9(8)11(7)13;1-5(2,3)4/h2-6,12-13H,1H3;(H2,1,2,3,4). The second kappa shape index (κ2) is 5.21. The highest BCUT2D eigenvalue weighted by atomic mass is 32.3. The van der Waals surface area contributed by atoms with Crippen molar-refractivity contribution in [2.45, 2.75) is 6.92 Å². The maximum Gasteiger partial charge on any atom is 0.394 e. The predicted molar refractivity (Wildman–Crippen MR) is 66.2 cm³/mol. The molecule has 0 atom stereocenters. The van der Waals surface area contributed by atoms with Crippen LogP contribution < -0.4 is 0 Å². The average molecular weight is 272 g/mol. The fraction of sp³-hybridized carbons (Fsp3) is 0.0909. The summed E-state index contributed by atoms with van der Waals surface area (Å²) in [4.78, 5) is 0. The van der Waals surface area contributed by atoms with Crippen molar-refractivity contribution in [1.82, 2.24) is 0 Å². The topological polar surface area (TPSA) is 115 Å². The van der Waals surface area contributed by atoms with Crippen molar-refractivity contribution in [1.29, 1.82) is 0 Å². The summed E-state index contributed by atoms with van der Waals surface area (Å²) < 4.78 is 31.6. The van der Waals surface area contributed by atoms with E-state index in [9.17, 15) is 10.2 Å². The fourth-order valence-electron chi connectivity index (χ4n) is 1.48. The molecule has 2 rings (SSSR count). The lowest BCUT2D eigenvalue weighted by Crippen LogP contribution is -1.89. The minimum absolute atomic E-state index is 0.214. The van der Waals surface area contributed by atoms with E-state index in [2.05, 4.69) is 0 Å². The van der Waals surface area contributed by atoms with Gasteiger partial charge in [-0.1, -0.05) is 24.3 Å². The third-order valence-electron chi connectivity index (χ3n) is 2.18. The summed E-state index contributed by atoms with van der Waals surface area (Å²) in [6.07, 6.45) is 0. The first-order valence-corrected chi connectivity index (χ1v) is 6.20. The number of fused-ring (bicyclic) bond motifs is 1. The predicted octanol–water partition coefficient (Wildman–Crippen LogP) is 1.91. The van der Waals surface area contributed by atoms with Gasteiger partial charge in [-0.15, -0.1) is 0 Å². The van der Waals surface area contributed by atoms with Crippen molar-refractivity contribution >= 4 is 21.2 Å². The Morgan fingerprint density at radius 3 is 1.94 bits per heavy atom. The van der Waals surface area contributed by atoms with Crippen LogP contribution in [0.5, 0.6) is 11.5 Å². The molecule has 0 saturated heterocycles. The van der Waals surface area contributed by atoms with Crippen molar-refractivity contribution < 1.29 is 27.7 Å². The lowest BCUT2D eigenvalue weighted by Gasteiger charge is -2.05. The average Bonchev–Trinajstić information content (AvgIpc) is 2.24. The second-order valence-electron chi connectivity index (χ2n) is 3.55. The molecule has 4 N–H and O–H groups in total. The molecule has 6 nitrogen and oxygen atoms in total. The number of benzene rings is 2. The van der Waals surface area contributed by atoms with E-state index in [-0.39, 0.29) is 11.5 Å². The van der Waals surface area contributed by atoms with E-state index in [1.807, 2.05) is 12.1 Å². The highest BCUT2D eigenvalue weighted by molar-refractivity contribution is 7.79. The number of aryl methyl sites for hydroxylation is 1. The molecule has 2 aromatic rings. The van der Waals surface area contributed by atoms with E-state index in [4.69, 9.17) is 17.5 Å². The molecule has 0 heterocycles. The summed E-state index contributed by atoms with van der Waals surface area (Å²) in [6.45, 7) is 1.77. The molecular formula is C11H12O6S. The molecule has 0 aliphatic heterocycles. The summed E-state index contributed by atoms with van der Waals surface area (Å²) in [5.74, 6) is 0.458. The van der Waals surface area contributed by atoms with Gasteiger partial charge < -0.3 is 10.2 Å². The van der Waals surface area contributed by atoms with E-state index in [1.54, 1.807) is 25.1 Å². The number of aromatic hydroxyl groups is 2. The maximum atomic E-state index is 9.67. The van der Waals surface area contributed by atoms with Gasteiger partial charge in [-0.05, 0) is 18.6 Å². The number of hydrogen-bond donors (Lipinski definition) is 4. The number of hydrogen-bond acceptors (Lipinski definition) is 4. The quantitative estimate of drug-likeness (QED) is 0.430. The molecule has 0 bridgehead atoms. The Morgan fingerprint density at radius 1 is 1.00 bits per heavy atom. The van der Waals surface area contributed by atoms with E-state index in [0.717, 1.165) is 0 Å². The minimum atomic E-state index is -4.67. The second-order valence-corrected chi connectivity index (χ2v) is 4.45. The largest absolute Gasteiger partial charge is 0.507 e. The highest BCUT2D eigenvalue weighted by Gasteiger charge is 2.06. The molecule has 0 amide bonds. The zero-order chi connectivity index (χ0) is 13.9. The van der Waals surface area contributed by atoms with Crippen LogP contribution >= 0.6 is 0 Å². The van der Waals surface area contributed by atoms with Gasteiger partial charge in [0.25, 0.3) is 0 Å². The van der Waals surface area contributed by atoms with Crippen molar-refractivity contribution in [3.63, 3.8) is 0 Å². The Bertz CT molecular complexity index is 655. The Labute approximate surface area is 104 Å². The molecule has 0 unspecified atom stereocenters. The molecule has 18 heavy (non-hydrogen) atoms. The highest BCUT2D eigenvalue weighted by Crippen LogP contribution is 2.34. The van der Waals surface area contributed by atoms with Gasteiger partial charge in [-0.2, -0.15) is 8.42 Å². The van der Waals surface area contributed by atoms with Gasteiger partial charge in [0.2, 0.25) is 0 Å². The van der Waals surface area contributed by atoms with Gasteiger partial charge in [0.05, 0.1) is 0 Å². The van der Waals surface area contributed by atoms with E-state index in [1.165, 1.54) is 0 Å². The van der Waals surface area contributed by atoms with Crippen LogP contribution in [0.2, 0.25) is 0 Å². The van der Waals surface area contributed by atoms with Gasteiger partial charge in [-0.3, -0.25) is 9.11 Å². The van der Waals surface area contributed by atoms with Crippen molar-refractivity contribution in [3.8, 4) is 11.5 Å². The normalized spacial score (nSPS) is 10.8. The van der Waals surface area contributed by atoms with Crippen LogP contribution in [0.25, 0.3) is 10.8 Å². The van der Waals surface area contributed by atoms with Gasteiger partial charge in [0.15, 0.2) is 0 Å². The molecule has 0 spiro atoms. The van der Waals surface area contributed by atoms with Gasteiger partial charge in [0, 0.05) is 10.8 Å². The number of rotatable bonds is 0. The van der Waals surface area contributed by atoms with Crippen LogP contribution in [0, 0.1) is 6.92 Å². The lowest BCUT2D eigenvalue weighted by molar-refractivity contribution is 0.381. The molecule has 2 aromatic carbocycles. The van der Waals surface area contributed by atoms with Crippen LogP contribution in [-0.2, 0) is 10.4 Å². The molecular weight excluding hydrogens is 260 g/mol. The van der Waals surface area contributed by atoms with Crippen LogP contribution in [0.1, 0.15) is 5.56 Å². The van der Waals surface area contributed by atoms with Crippen molar-refractivity contribution in [2.24, 2.45) is 0 Å². The van der Waals surface area contributed by atoms with Gasteiger partial charge in [-0.25, -0.2) is 0 Å². The summed E-state index contributed by atoms with van der Waals surface area (Å²) in [6, 6.07) is 8.80. The maximum absolute atomic E-state index is 9.67. The Hall–Kier alpha value is -1.83. The smallest absolute Gasteiger partial charge is 0.394 e. The molecule has 0 aliphatic carbocycles. The lowest BCUT2D eigenvalue weighted by atomic mass is 10.1. The first-order chi connectivity index (χ1) is 8.20. The Morgan fingerprint density at radius 2 is 1.44 bits per heavy atom. The Kier molecular flexibility index (Phi) is 4.12. The molecule has 7 heteroatoms. The van der Waals surface area contributed by atoms with Crippen LogP contribution in [0.15, 0.2) is 30.3 Å². The zero-order valence-corrected chi connectivity index (χ0v) is 10.2. The number of phenols is 2. The van der Waals surface area contributed by atoms with Crippen LogP contribution in [-0.4, -0.2) is 27.7 Å². The van der Waals surface area contributed by atoms with E-state index >= 15 is 0 Å². The van der Waals surface area contributed by atoms with E-state index < -0.39 is 10.4 Å². The number of phenolic OH excluding ortho intramolecular Hbond substituents is 2. The third-order valence-corrected chi connectivity index (χ3v) is 2.18. The van der Waals surface area contributed by atoms with Crippen molar-refractivity contribution in [2.75, 3.05) is 0 Å². The van der Waals surface area contributed by atoms with Crippen LogP contribution in [0.4, 0.5) is 0 Å². The molecule has 0 fully saturated rings. The molecule has 0 saturated carbocycles. The molecule has 0 aliphatic rings. The fourth-order valence-corrected chi connectivity index (χ4v) is 1.48. The SMILES string of the molecule is Cc1cc(O)c2ccccc2c1O.O=S(=O)(O)O. The van der Waals surface area contributed by atoms with Crippen LogP contribution in [0.3, 0.4) is 0 Å². The molecule has 0 radical (unpaired) electrons. The molecule has 98 valence electrons. The zero-order valence-electron chi connectivity index (χ0n) is 9.40. The molecule has 0 aromatic heterocycles. The monoisotopic (exact) mass is 272 g/mol. The van der Waals surface area contributed by atoms with Gasteiger partial charge in [0.1, 0.15) is 11.5 Å². The third kappa shape index (κ3) is 3.88. The van der Waals surface area contributed by atoms with Crippen molar-refractivity contribution in [3.05, 3.63) is 35.9 Å². The summed E-state index contributed by atoms with van der Waals surface area (Å²) >= 11 is 0. The first-order valence-electron chi connectivity index (χ1n) is 4.80.